The van der Waals surface area contributed by atoms with Gasteiger partial charge in [0.05, 0.1) is 11.5 Å². The molecule has 0 unspecified atom stereocenters. The predicted octanol–water partition coefficient (Wildman–Crippen LogP) is 3.34. The molecule has 0 aliphatic heterocycles. The minimum atomic E-state index is -0.425. The molecule has 0 aliphatic rings. The molecule has 6 nitrogen and oxygen atoms in total. The minimum absolute atomic E-state index is 0.0203. The molecule has 0 spiro atoms. The number of hydrazine groups is 1. The van der Waals surface area contributed by atoms with Gasteiger partial charge in [0, 0.05) is 21.8 Å². The summed E-state index contributed by atoms with van der Waals surface area (Å²) in [5, 5.41) is 13.2. The Labute approximate surface area is 128 Å². The molecule has 0 saturated carbocycles. The standard InChI is InChI=1S/C12H13BrN4O2S/c1-16(6-9-5-8(13)7-20-9)11-4-2-3-10(15-14)12(11)17(18)19/h2-5,7,15H,6,14H2,1H3. The number of hydrogen-bond acceptors (Lipinski definition) is 6. The van der Waals surface area contributed by atoms with Crippen LogP contribution in [0.2, 0.25) is 0 Å². The van der Waals surface area contributed by atoms with Crippen LogP contribution in [0.15, 0.2) is 34.1 Å². The maximum Gasteiger partial charge on any atom is 0.316 e. The van der Waals surface area contributed by atoms with Crippen molar-refractivity contribution in [1.29, 1.82) is 0 Å². The molecule has 0 saturated heterocycles. The van der Waals surface area contributed by atoms with E-state index in [4.69, 9.17) is 5.84 Å². The molecule has 0 radical (unpaired) electrons. The number of nitrogens with two attached hydrogens (primary N) is 1. The molecular weight excluding hydrogens is 344 g/mol. The Morgan fingerprint density at radius 1 is 1.55 bits per heavy atom. The first-order valence-electron chi connectivity index (χ1n) is 5.71. The van der Waals surface area contributed by atoms with Crippen molar-refractivity contribution < 1.29 is 4.92 Å². The van der Waals surface area contributed by atoms with Crippen molar-refractivity contribution in [3.05, 3.63) is 49.1 Å². The van der Waals surface area contributed by atoms with E-state index in [1.807, 2.05) is 23.4 Å². The minimum Gasteiger partial charge on any atom is -0.364 e. The lowest BCUT2D eigenvalue weighted by molar-refractivity contribution is -0.383. The Hall–Kier alpha value is -1.64. The normalized spacial score (nSPS) is 10.3. The highest BCUT2D eigenvalue weighted by molar-refractivity contribution is 9.10. The summed E-state index contributed by atoms with van der Waals surface area (Å²) in [4.78, 5) is 13.8. The molecular formula is C12H13BrN4O2S. The molecule has 2 aromatic rings. The summed E-state index contributed by atoms with van der Waals surface area (Å²) in [5.74, 6) is 5.34. The van der Waals surface area contributed by atoms with E-state index in [1.54, 1.807) is 29.5 Å². The fourth-order valence-corrected chi connectivity index (χ4v) is 3.41. The summed E-state index contributed by atoms with van der Waals surface area (Å²) in [5.41, 5.74) is 3.17. The van der Waals surface area contributed by atoms with Crippen molar-refractivity contribution in [3.63, 3.8) is 0 Å². The summed E-state index contributed by atoms with van der Waals surface area (Å²) >= 11 is 4.99. The molecule has 0 bridgehead atoms. The number of nitro groups is 1. The number of nitro benzene ring substituents is 1. The monoisotopic (exact) mass is 356 g/mol. The first kappa shape index (κ1) is 14.8. The van der Waals surface area contributed by atoms with Gasteiger partial charge in [-0.1, -0.05) is 6.07 Å². The number of hydrogen-bond donors (Lipinski definition) is 2. The third-order valence-electron chi connectivity index (χ3n) is 2.78. The second-order valence-electron chi connectivity index (χ2n) is 4.16. The summed E-state index contributed by atoms with van der Waals surface area (Å²) in [7, 11) is 1.82. The first-order valence-corrected chi connectivity index (χ1v) is 7.38. The number of nitrogen functional groups attached to an aromatic ring is 1. The Kier molecular flexibility index (Phi) is 4.58. The van der Waals surface area contributed by atoms with Gasteiger partial charge in [0.15, 0.2) is 0 Å². The van der Waals surface area contributed by atoms with Gasteiger partial charge in [-0.3, -0.25) is 16.0 Å². The SMILES string of the molecule is CN(Cc1cc(Br)cs1)c1cccc(NN)c1[N+](=O)[O-]. The van der Waals surface area contributed by atoms with E-state index in [2.05, 4.69) is 21.4 Å². The number of para-hydroxylation sites is 1. The highest BCUT2D eigenvalue weighted by atomic mass is 79.9. The van der Waals surface area contributed by atoms with Crippen LogP contribution in [0.5, 0.6) is 0 Å². The smallest absolute Gasteiger partial charge is 0.316 e. The topological polar surface area (TPSA) is 84.4 Å². The van der Waals surface area contributed by atoms with Crippen molar-refractivity contribution in [1.82, 2.24) is 0 Å². The molecule has 1 aromatic carbocycles. The Morgan fingerprint density at radius 2 is 2.30 bits per heavy atom. The Morgan fingerprint density at radius 3 is 2.85 bits per heavy atom. The molecule has 0 aliphatic carbocycles. The zero-order valence-electron chi connectivity index (χ0n) is 10.7. The average molecular weight is 357 g/mol. The number of nitrogens with zero attached hydrogens (tertiary/aromatic N) is 2. The highest BCUT2D eigenvalue weighted by Crippen LogP contribution is 2.35. The maximum absolute atomic E-state index is 11.2. The molecule has 3 N–H and O–H groups in total. The lowest BCUT2D eigenvalue weighted by Crippen LogP contribution is -2.18. The van der Waals surface area contributed by atoms with Crippen molar-refractivity contribution >= 4 is 44.3 Å². The highest BCUT2D eigenvalue weighted by Gasteiger charge is 2.22. The zero-order chi connectivity index (χ0) is 14.7. The molecule has 1 heterocycles. The van der Waals surface area contributed by atoms with Gasteiger partial charge in [-0.15, -0.1) is 11.3 Å². The van der Waals surface area contributed by atoms with Gasteiger partial charge in [-0.25, -0.2) is 0 Å². The van der Waals surface area contributed by atoms with E-state index < -0.39 is 4.92 Å². The van der Waals surface area contributed by atoms with E-state index in [9.17, 15) is 10.1 Å². The second kappa shape index (κ2) is 6.21. The molecule has 0 amide bonds. The molecule has 20 heavy (non-hydrogen) atoms. The summed E-state index contributed by atoms with van der Waals surface area (Å²) in [6.07, 6.45) is 0. The van der Waals surface area contributed by atoms with Crippen LogP contribution >= 0.6 is 27.3 Å². The summed E-state index contributed by atoms with van der Waals surface area (Å²) in [6, 6.07) is 7.02. The molecule has 8 heteroatoms. The van der Waals surface area contributed by atoms with Gasteiger partial charge in [0.25, 0.3) is 0 Å². The van der Waals surface area contributed by atoms with Gasteiger partial charge in [0.2, 0.25) is 0 Å². The molecule has 2 rings (SSSR count). The number of thiophene rings is 1. The van der Waals surface area contributed by atoms with E-state index in [1.165, 1.54) is 0 Å². The van der Waals surface area contributed by atoms with Crippen LogP contribution in [0.3, 0.4) is 0 Å². The zero-order valence-corrected chi connectivity index (χ0v) is 13.1. The second-order valence-corrected chi connectivity index (χ2v) is 6.07. The average Bonchev–Trinajstić information content (AvgIpc) is 2.82. The van der Waals surface area contributed by atoms with Gasteiger partial charge in [-0.05, 0) is 34.1 Å². The van der Waals surface area contributed by atoms with E-state index in [0.717, 1.165) is 9.35 Å². The maximum atomic E-state index is 11.2. The third-order valence-corrected chi connectivity index (χ3v) is 4.46. The van der Waals surface area contributed by atoms with Crippen LogP contribution in [-0.4, -0.2) is 12.0 Å². The van der Waals surface area contributed by atoms with Crippen molar-refractivity contribution in [2.45, 2.75) is 6.54 Å². The quantitative estimate of drug-likeness (QED) is 0.487. The van der Waals surface area contributed by atoms with Gasteiger partial charge < -0.3 is 10.3 Å². The van der Waals surface area contributed by atoms with Crippen LogP contribution in [0.1, 0.15) is 4.88 Å². The van der Waals surface area contributed by atoms with E-state index in [0.29, 0.717) is 17.9 Å². The van der Waals surface area contributed by atoms with Crippen molar-refractivity contribution in [2.24, 2.45) is 5.84 Å². The third kappa shape index (κ3) is 3.09. The molecule has 106 valence electrons. The van der Waals surface area contributed by atoms with Crippen LogP contribution in [-0.2, 0) is 6.54 Å². The van der Waals surface area contributed by atoms with Crippen molar-refractivity contribution in [3.8, 4) is 0 Å². The van der Waals surface area contributed by atoms with Gasteiger partial charge in [0.1, 0.15) is 11.4 Å². The van der Waals surface area contributed by atoms with Crippen LogP contribution in [0.4, 0.5) is 17.1 Å². The molecule has 0 atom stereocenters. The fourth-order valence-electron chi connectivity index (χ4n) is 1.90. The van der Waals surface area contributed by atoms with Gasteiger partial charge in [-0.2, -0.15) is 0 Å². The van der Waals surface area contributed by atoms with Crippen LogP contribution < -0.4 is 16.2 Å². The molecule has 0 fully saturated rings. The van der Waals surface area contributed by atoms with Crippen LogP contribution in [0, 0.1) is 10.1 Å². The number of rotatable bonds is 5. The number of halogens is 1. The lowest BCUT2D eigenvalue weighted by Gasteiger charge is -2.19. The number of anilines is 2. The predicted molar refractivity (Wildman–Crippen MR) is 85.0 cm³/mol. The summed E-state index contributed by atoms with van der Waals surface area (Å²) < 4.78 is 1.01. The van der Waals surface area contributed by atoms with E-state index in [-0.39, 0.29) is 5.69 Å². The lowest BCUT2D eigenvalue weighted by atomic mass is 10.2. The fraction of sp³-hybridized carbons (Fsp3) is 0.167. The first-order chi connectivity index (χ1) is 9.52. The Balaban J connectivity index is 2.34. The van der Waals surface area contributed by atoms with E-state index >= 15 is 0 Å². The molecule has 1 aromatic heterocycles. The van der Waals surface area contributed by atoms with Crippen molar-refractivity contribution in [2.75, 3.05) is 17.4 Å². The Bertz CT molecular complexity index is 632. The summed E-state index contributed by atoms with van der Waals surface area (Å²) in [6.45, 7) is 0.588. The van der Waals surface area contributed by atoms with Gasteiger partial charge >= 0.3 is 5.69 Å². The number of nitrogens with one attached hydrogen (secondary N) is 1. The van der Waals surface area contributed by atoms with Crippen LogP contribution in [0.25, 0.3) is 0 Å². The largest absolute Gasteiger partial charge is 0.364 e. The number of benzene rings is 1.